The minimum absolute atomic E-state index is 0.0584. The molecule has 10 heteroatoms. The van der Waals surface area contributed by atoms with E-state index in [9.17, 15) is 18.3 Å². The molecule has 2 heterocycles. The fraction of sp³-hybridized carbons (Fsp3) is 0.190. The Hall–Kier alpha value is -5.87. The van der Waals surface area contributed by atoms with Gasteiger partial charge in [-0.15, -0.1) is 5.10 Å². The van der Waals surface area contributed by atoms with Crippen LogP contribution in [0, 0.1) is 0 Å². The lowest BCUT2D eigenvalue weighted by atomic mass is 9.77. The van der Waals surface area contributed by atoms with E-state index in [0.29, 0.717) is 29.8 Å². The van der Waals surface area contributed by atoms with E-state index in [1.165, 1.54) is 4.57 Å². The first kappa shape index (κ1) is 34.6. The molecule has 7 rings (SSSR count). The normalized spacial score (nSPS) is 11.9. The average molecular weight is 699 g/mol. The first-order valence-corrected chi connectivity index (χ1v) is 17.3. The highest BCUT2D eigenvalue weighted by Gasteiger charge is 2.42. The van der Waals surface area contributed by atoms with E-state index in [1.54, 1.807) is 0 Å². The molecule has 0 bridgehead atoms. The molecule has 7 aromatic rings. The molecule has 0 unspecified atom stereocenters. The molecule has 0 aliphatic rings. The lowest BCUT2D eigenvalue weighted by Crippen LogP contribution is -2.39. The summed E-state index contributed by atoms with van der Waals surface area (Å²) in [6.07, 6.45) is -2.91. The number of aromatic nitrogens is 6. The third-order valence-electron chi connectivity index (χ3n) is 9.44. The van der Waals surface area contributed by atoms with E-state index in [4.69, 9.17) is 5.21 Å². The maximum atomic E-state index is 14.1. The zero-order valence-electron chi connectivity index (χ0n) is 28.6. The average Bonchev–Trinajstić information content (AvgIpc) is 3.81. The van der Waals surface area contributed by atoms with Crippen molar-refractivity contribution in [3.63, 3.8) is 0 Å². The largest absolute Gasteiger partial charge is 0.435 e. The molecule has 7 nitrogen and oxygen atoms in total. The van der Waals surface area contributed by atoms with Gasteiger partial charge in [-0.1, -0.05) is 147 Å². The summed E-state index contributed by atoms with van der Waals surface area (Å²) in [7, 11) is 0. The first-order chi connectivity index (χ1) is 25.4. The smallest absolute Gasteiger partial charge is 0.390 e. The van der Waals surface area contributed by atoms with Crippen LogP contribution in [0.1, 0.15) is 59.2 Å². The predicted molar refractivity (Wildman–Crippen MR) is 194 cm³/mol. The predicted octanol–water partition coefficient (Wildman–Crippen LogP) is 8.95. The Morgan fingerprint density at radius 3 is 1.77 bits per heavy atom. The number of aryl methyl sites for hydroxylation is 1. The zero-order valence-corrected chi connectivity index (χ0v) is 28.6. The third-order valence-corrected chi connectivity index (χ3v) is 9.44. The Bertz CT molecular complexity index is 2140. The number of rotatable bonds is 12. The van der Waals surface area contributed by atoms with Gasteiger partial charge in [-0.2, -0.15) is 13.2 Å². The Labute approximate surface area is 300 Å². The summed E-state index contributed by atoms with van der Waals surface area (Å²) >= 11 is 0. The van der Waals surface area contributed by atoms with E-state index in [2.05, 4.69) is 51.7 Å². The van der Waals surface area contributed by atoms with Crippen LogP contribution in [0.3, 0.4) is 0 Å². The van der Waals surface area contributed by atoms with Crippen LogP contribution in [-0.2, 0) is 31.3 Å². The molecule has 262 valence electrons. The molecule has 5 aromatic carbocycles. The molecule has 0 amide bonds. The summed E-state index contributed by atoms with van der Waals surface area (Å²) in [5.41, 5.74) is 3.64. The number of unbranched alkanes of at least 4 members (excludes halogenated alkanes) is 1. The number of aliphatic hydroxyl groups is 1. The standard InChI is InChI=1S/C42H37F3N6O/c1-2-3-24-38-46-39(42(43,44)45)37(29-52)50(38)28-30-25-26-35(31-16-8-4-9-17-31)36(27-30)40-47-48-49-51(40)41(32-18-10-5-11-19-32,33-20-12-6-13-21-33)34-22-14-7-15-23-34/h4-23,25-27,52H,2-3,24,28-29H2,1H3. The number of imidazole rings is 1. The summed E-state index contributed by atoms with van der Waals surface area (Å²) in [5.74, 6) is 0.750. The SMILES string of the molecule is CCCCc1nc(C(F)(F)F)c(CO)n1Cc1ccc(-c2ccccc2)c(-c2nnnn2C(c2ccccc2)(c2ccccc2)c2ccccc2)c1. The molecule has 0 radical (unpaired) electrons. The Kier molecular flexibility index (Phi) is 9.82. The molecule has 0 atom stereocenters. The maximum Gasteiger partial charge on any atom is 0.435 e. The monoisotopic (exact) mass is 698 g/mol. The second-order valence-corrected chi connectivity index (χ2v) is 12.6. The van der Waals surface area contributed by atoms with E-state index < -0.39 is 24.0 Å². The Morgan fingerprint density at radius 2 is 1.25 bits per heavy atom. The summed E-state index contributed by atoms with van der Waals surface area (Å²) in [6, 6.07) is 45.9. The number of hydrogen-bond donors (Lipinski definition) is 1. The molecule has 2 aromatic heterocycles. The summed E-state index contributed by atoms with van der Waals surface area (Å²) in [5, 5.41) is 23.9. The van der Waals surface area contributed by atoms with Gasteiger partial charge in [0.05, 0.1) is 12.3 Å². The van der Waals surface area contributed by atoms with Gasteiger partial charge in [0, 0.05) is 18.5 Å². The topological polar surface area (TPSA) is 81.7 Å². The van der Waals surface area contributed by atoms with Crippen molar-refractivity contribution in [1.82, 2.24) is 29.8 Å². The van der Waals surface area contributed by atoms with Crippen LogP contribution in [0.5, 0.6) is 0 Å². The lowest BCUT2D eigenvalue weighted by molar-refractivity contribution is -0.142. The van der Waals surface area contributed by atoms with Crippen LogP contribution >= 0.6 is 0 Å². The van der Waals surface area contributed by atoms with Crippen LogP contribution in [0.2, 0.25) is 0 Å². The molecule has 0 aliphatic carbocycles. The van der Waals surface area contributed by atoms with Crippen LogP contribution in [-0.4, -0.2) is 34.9 Å². The molecule has 0 saturated carbocycles. The summed E-state index contributed by atoms with van der Waals surface area (Å²) in [4.78, 5) is 4.01. The van der Waals surface area contributed by atoms with E-state index >= 15 is 0 Å². The third kappa shape index (κ3) is 6.41. The van der Waals surface area contributed by atoms with Gasteiger partial charge in [-0.3, -0.25) is 0 Å². The first-order valence-electron chi connectivity index (χ1n) is 17.3. The van der Waals surface area contributed by atoms with Crippen molar-refractivity contribution < 1.29 is 18.3 Å². The quantitative estimate of drug-likeness (QED) is 0.129. The fourth-order valence-electron chi connectivity index (χ4n) is 7.05. The molecule has 1 N–H and O–H groups in total. The zero-order chi connectivity index (χ0) is 36.1. The van der Waals surface area contributed by atoms with Crippen LogP contribution in [0.15, 0.2) is 140 Å². The van der Waals surface area contributed by atoms with E-state index in [0.717, 1.165) is 34.2 Å². The number of alkyl halides is 3. The number of hydrogen-bond acceptors (Lipinski definition) is 5. The van der Waals surface area contributed by atoms with Gasteiger partial charge in [0.15, 0.2) is 11.5 Å². The van der Waals surface area contributed by atoms with Crippen molar-refractivity contribution in [3.05, 3.63) is 179 Å². The van der Waals surface area contributed by atoms with Crippen molar-refractivity contribution in [2.24, 2.45) is 0 Å². The number of tetrazole rings is 1. The molecule has 0 saturated heterocycles. The van der Waals surface area contributed by atoms with Gasteiger partial charge >= 0.3 is 6.18 Å². The molecule has 0 fully saturated rings. The van der Waals surface area contributed by atoms with Crippen molar-refractivity contribution in [3.8, 4) is 22.5 Å². The molecular weight excluding hydrogens is 661 g/mol. The van der Waals surface area contributed by atoms with Gasteiger partial charge in [0.25, 0.3) is 0 Å². The molecule has 52 heavy (non-hydrogen) atoms. The van der Waals surface area contributed by atoms with Crippen LogP contribution < -0.4 is 0 Å². The van der Waals surface area contributed by atoms with Gasteiger partial charge < -0.3 is 9.67 Å². The van der Waals surface area contributed by atoms with Crippen LogP contribution in [0.25, 0.3) is 22.5 Å². The second kappa shape index (κ2) is 14.8. The van der Waals surface area contributed by atoms with E-state index in [-0.39, 0.29) is 18.1 Å². The van der Waals surface area contributed by atoms with Gasteiger partial charge in [0.2, 0.25) is 0 Å². The Morgan fingerprint density at radius 1 is 0.692 bits per heavy atom. The number of nitrogens with zero attached hydrogens (tertiary/aromatic N) is 6. The Balaban J connectivity index is 1.48. The fourth-order valence-corrected chi connectivity index (χ4v) is 7.05. The van der Waals surface area contributed by atoms with Gasteiger partial charge in [-0.05, 0) is 56.3 Å². The summed E-state index contributed by atoms with van der Waals surface area (Å²) in [6.45, 7) is 1.24. The number of aliphatic hydroxyl groups excluding tert-OH is 1. The minimum Gasteiger partial charge on any atom is -0.390 e. The van der Waals surface area contributed by atoms with Crippen molar-refractivity contribution in [2.45, 2.75) is 51.1 Å². The number of benzene rings is 5. The van der Waals surface area contributed by atoms with Crippen LogP contribution in [0.4, 0.5) is 13.2 Å². The van der Waals surface area contributed by atoms with E-state index in [1.807, 2.05) is 115 Å². The minimum atomic E-state index is -4.70. The maximum absolute atomic E-state index is 14.1. The molecule has 0 aliphatic heterocycles. The highest BCUT2D eigenvalue weighted by molar-refractivity contribution is 5.81. The van der Waals surface area contributed by atoms with Gasteiger partial charge in [0.1, 0.15) is 11.4 Å². The molecule has 0 spiro atoms. The lowest BCUT2D eigenvalue weighted by Gasteiger charge is -2.36. The van der Waals surface area contributed by atoms with Crippen molar-refractivity contribution >= 4 is 0 Å². The number of halogens is 3. The second-order valence-electron chi connectivity index (χ2n) is 12.6. The van der Waals surface area contributed by atoms with Crippen molar-refractivity contribution in [1.29, 1.82) is 0 Å². The summed E-state index contributed by atoms with van der Waals surface area (Å²) < 4.78 is 45.8. The van der Waals surface area contributed by atoms with Gasteiger partial charge in [-0.25, -0.2) is 9.67 Å². The highest BCUT2D eigenvalue weighted by atomic mass is 19.4. The highest BCUT2D eigenvalue weighted by Crippen LogP contribution is 2.44. The van der Waals surface area contributed by atoms with Crippen molar-refractivity contribution in [2.75, 3.05) is 0 Å². The molecular formula is C42H37F3N6O.